The van der Waals surface area contributed by atoms with E-state index in [-0.39, 0.29) is 17.7 Å². The molecule has 108 valence electrons. The van der Waals surface area contributed by atoms with Gasteiger partial charge >= 0.3 is 0 Å². The molecule has 1 atom stereocenters. The summed E-state index contributed by atoms with van der Waals surface area (Å²) in [5.41, 5.74) is 0.902. The summed E-state index contributed by atoms with van der Waals surface area (Å²) < 4.78 is 0. The van der Waals surface area contributed by atoms with Crippen molar-refractivity contribution in [2.75, 3.05) is 6.54 Å². The lowest BCUT2D eigenvalue weighted by atomic mass is 10.0. The average Bonchev–Trinajstić information content (AvgIpc) is 2.54. The summed E-state index contributed by atoms with van der Waals surface area (Å²) in [7, 11) is 0. The van der Waals surface area contributed by atoms with Crippen LogP contribution in [0.3, 0.4) is 0 Å². The number of hydrogen-bond acceptors (Lipinski definition) is 2. The van der Waals surface area contributed by atoms with Crippen molar-refractivity contribution in [2.45, 2.75) is 32.9 Å². The van der Waals surface area contributed by atoms with Crippen LogP contribution >= 0.6 is 11.6 Å². The maximum absolute atomic E-state index is 12.5. The first kappa shape index (κ1) is 14.9. The van der Waals surface area contributed by atoms with Crippen molar-refractivity contribution in [2.24, 2.45) is 5.92 Å². The van der Waals surface area contributed by atoms with E-state index in [1.54, 1.807) is 4.90 Å². The Bertz CT molecular complexity index is 516. The number of benzene rings is 1. The third-order valence-electron chi connectivity index (χ3n) is 3.49. The van der Waals surface area contributed by atoms with Crippen LogP contribution in [-0.4, -0.2) is 29.3 Å². The molecule has 1 aliphatic heterocycles. The van der Waals surface area contributed by atoms with Crippen LogP contribution in [0.4, 0.5) is 0 Å². The predicted octanol–water partition coefficient (Wildman–Crippen LogP) is 2.21. The second kappa shape index (κ2) is 6.27. The van der Waals surface area contributed by atoms with Crippen molar-refractivity contribution >= 4 is 23.4 Å². The van der Waals surface area contributed by atoms with Gasteiger partial charge in [-0.3, -0.25) is 9.59 Å². The fourth-order valence-electron chi connectivity index (χ4n) is 2.29. The van der Waals surface area contributed by atoms with E-state index in [9.17, 15) is 9.59 Å². The van der Waals surface area contributed by atoms with Crippen molar-refractivity contribution in [3.63, 3.8) is 0 Å². The van der Waals surface area contributed by atoms with Crippen LogP contribution in [0.2, 0.25) is 5.02 Å². The first-order valence-corrected chi connectivity index (χ1v) is 7.18. The maximum Gasteiger partial charge on any atom is 0.245 e. The Morgan fingerprint density at radius 1 is 1.35 bits per heavy atom. The van der Waals surface area contributed by atoms with Gasteiger partial charge in [0.25, 0.3) is 0 Å². The minimum atomic E-state index is -0.451. The van der Waals surface area contributed by atoms with Gasteiger partial charge in [0.2, 0.25) is 11.8 Å². The molecular weight excluding hydrogens is 276 g/mol. The molecule has 1 saturated heterocycles. The molecule has 1 heterocycles. The van der Waals surface area contributed by atoms with Crippen molar-refractivity contribution in [3.05, 3.63) is 34.9 Å². The molecule has 1 unspecified atom stereocenters. The molecule has 20 heavy (non-hydrogen) atoms. The lowest BCUT2D eigenvalue weighted by molar-refractivity contribution is -0.135. The standard InChI is InChI=1S/C15H19ClN2O2/c1-10(2)14-15(20)18(8-7-13(19)17-14)9-11-5-3-4-6-12(11)16/h3-6,10,14H,7-9H2,1-2H3,(H,17,19). The monoisotopic (exact) mass is 294 g/mol. The van der Waals surface area contributed by atoms with E-state index in [1.807, 2.05) is 38.1 Å². The molecule has 0 bridgehead atoms. The summed E-state index contributed by atoms with van der Waals surface area (Å²) in [4.78, 5) is 25.9. The van der Waals surface area contributed by atoms with Crippen LogP contribution in [-0.2, 0) is 16.1 Å². The first-order chi connectivity index (χ1) is 9.49. The zero-order valence-corrected chi connectivity index (χ0v) is 12.5. The van der Waals surface area contributed by atoms with E-state index in [0.717, 1.165) is 5.56 Å². The van der Waals surface area contributed by atoms with Crippen molar-refractivity contribution < 1.29 is 9.59 Å². The SMILES string of the molecule is CC(C)C1NC(=O)CCN(Cc2ccccc2Cl)C1=O. The second-order valence-electron chi connectivity index (χ2n) is 5.39. The van der Waals surface area contributed by atoms with Crippen molar-refractivity contribution in [1.29, 1.82) is 0 Å². The molecule has 1 fully saturated rings. The number of carbonyl (C=O) groups excluding carboxylic acids is 2. The third kappa shape index (κ3) is 3.31. The van der Waals surface area contributed by atoms with Crippen LogP contribution < -0.4 is 5.32 Å². The fraction of sp³-hybridized carbons (Fsp3) is 0.467. The van der Waals surface area contributed by atoms with Gasteiger partial charge in [0.1, 0.15) is 6.04 Å². The number of nitrogens with one attached hydrogen (secondary N) is 1. The Balaban J connectivity index is 2.19. The number of halogens is 1. The van der Waals surface area contributed by atoms with Gasteiger partial charge in [0, 0.05) is 24.5 Å². The van der Waals surface area contributed by atoms with E-state index in [2.05, 4.69) is 5.32 Å². The molecule has 2 rings (SSSR count). The summed E-state index contributed by atoms with van der Waals surface area (Å²) in [5, 5.41) is 3.44. The maximum atomic E-state index is 12.5. The zero-order valence-electron chi connectivity index (χ0n) is 11.7. The smallest absolute Gasteiger partial charge is 0.245 e. The molecule has 0 aromatic heterocycles. The largest absolute Gasteiger partial charge is 0.344 e. The Kier molecular flexibility index (Phi) is 4.65. The Morgan fingerprint density at radius 2 is 2.05 bits per heavy atom. The topological polar surface area (TPSA) is 49.4 Å². The molecule has 0 radical (unpaired) electrons. The minimum Gasteiger partial charge on any atom is -0.344 e. The normalized spacial score (nSPS) is 20.0. The summed E-state index contributed by atoms with van der Waals surface area (Å²) in [5.74, 6) is -0.0391. The number of amides is 2. The van der Waals surface area contributed by atoms with Crippen molar-refractivity contribution in [3.8, 4) is 0 Å². The lowest BCUT2D eigenvalue weighted by Crippen LogP contribution is -2.47. The molecule has 1 N–H and O–H groups in total. The third-order valence-corrected chi connectivity index (χ3v) is 3.86. The Hall–Kier alpha value is -1.55. The highest BCUT2D eigenvalue weighted by Gasteiger charge is 2.31. The number of nitrogens with zero attached hydrogens (tertiary/aromatic N) is 1. The van der Waals surface area contributed by atoms with Crippen LogP contribution in [0.5, 0.6) is 0 Å². The summed E-state index contributed by atoms with van der Waals surface area (Å²) >= 11 is 6.14. The summed E-state index contributed by atoms with van der Waals surface area (Å²) in [6.07, 6.45) is 0.333. The first-order valence-electron chi connectivity index (χ1n) is 6.80. The van der Waals surface area contributed by atoms with Gasteiger partial charge in [0.15, 0.2) is 0 Å². The molecule has 2 amide bonds. The lowest BCUT2D eigenvalue weighted by Gasteiger charge is -2.26. The van der Waals surface area contributed by atoms with Crippen LogP contribution in [0.25, 0.3) is 0 Å². The number of carbonyl (C=O) groups is 2. The molecule has 1 aromatic carbocycles. The van der Waals surface area contributed by atoms with Gasteiger partial charge in [-0.05, 0) is 17.5 Å². The molecule has 0 saturated carbocycles. The Labute approximate surface area is 124 Å². The van der Waals surface area contributed by atoms with Gasteiger partial charge in [-0.1, -0.05) is 43.6 Å². The highest BCUT2D eigenvalue weighted by Crippen LogP contribution is 2.19. The second-order valence-corrected chi connectivity index (χ2v) is 5.80. The highest BCUT2D eigenvalue weighted by atomic mass is 35.5. The summed E-state index contributed by atoms with van der Waals surface area (Å²) in [6, 6.07) is 7.01. The molecular formula is C15H19ClN2O2. The van der Waals surface area contributed by atoms with Gasteiger partial charge in [-0.25, -0.2) is 0 Å². The summed E-state index contributed by atoms with van der Waals surface area (Å²) in [6.45, 7) is 4.74. The van der Waals surface area contributed by atoms with E-state index >= 15 is 0 Å². The molecule has 1 aliphatic rings. The van der Waals surface area contributed by atoms with E-state index in [1.165, 1.54) is 0 Å². The highest BCUT2D eigenvalue weighted by molar-refractivity contribution is 6.31. The molecule has 5 heteroatoms. The number of hydrogen-bond donors (Lipinski definition) is 1. The number of rotatable bonds is 3. The van der Waals surface area contributed by atoms with E-state index in [0.29, 0.717) is 24.5 Å². The molecule has 4 nitrogen and oxygen atoms in total. The molecule has 1 aromatic rings. The average molecular weight is 295 g/mol. The minimum absolute atomic E-state index is 0.0363. The van der Waals surface area contributed by atoms with Gasteiger partial charge in [0.05, 0.1) is 0 Å². The molecule has 0 spiro atoms. The van der Waals surface area contributed by atoms with Gasteiger partial charge in [-0.2, -0.15) is 0 Å². The Morgan fingerprint density at radius 3 is 2.70 bits per heavy atom. The fourth-order valence-corrected chi connectivity index (χ4v) is 2.49. The predicted molar refractivity (Wildman–Crippen MR) is 78.3 cm³/mol. The van der Waals surface area contributed by atoms with Gasteiger partial charge in [-0.15, -0.1) is 0 Å². The van der Waals surface area contributed by atoms with Crippen LogP contribution in [0, 0.1) is 5.92 Å². The van der Waals surface area contributed by atoms with Crippen molar-refractivity contribution in [1.82, 2.24) is 10.2 Å². The quantitative estimate of drug-likeness (QED) is 0.929. The van der Waals surface area contributed by atoms with Crippen LogP contribution in [0.1, 0.15) is 25.8 Å². The van der Waals surface area contributed by atoms with E-state index < -0.39 is 6.04 Å². The zero-order chi connectivity index (χ0) is 14.7. The van der Waals surface area contributed by atoms with Crippen LogP contribution in [0.15, 0.2) is 24.3 Å². The van der Waals surface area contributed by atoms with Gasteiger partial charge < -0.3 is 10.2 Å². The van der Waals surface area contributed by atoms with E-state index in [4.69, 9.17) is 11.6 Å². The molecule has 0 aliphatic carbocycles.